The van der Waals surface area contributed by atoms with Crippen LogP contribution in [0.2, 0.25) is 0 Å². The Morgan fingerprint density at radius 1 is 1.13 bits per heavy atom. The number of morpholine rings is 1. The van der Waals surface area contributed by atoms with E-state index in [0.29, 0.717) is 49.1 Å². The zero-order chi connectivity index (χ0) is 21.6. The highest BCUT2D eigenvalue weighted by molar-refractivity contribution is 5.97. The summed E-state index contributed by atoms with van der Waals surface area (Å²) in [5.74, 6) is 0.184. The summed E-state index contributed by atoms with van der Waals surface area (Å²) >= 11 is 0. The van der Waals surface area contributed by atoms with Crippen LogP contribution in [0.4, 0.5) is 0 Å². The first kappa shape index (κ1) is 21.6. The number of hydrogen-bond acceptors (Lipinski definition) is 7. The summed E-state index contributed by atoms with van der Waals surface area (Å²) in [5, 5.41) is 0.779. The van der Waals surface area contributed by atoms with Gasteiger partial charge in [0.1, 0.15) is 23.8 Å². The number of carbonyl (C=O) groups is 2. The lowest BCUT2D eigenvalue weighted by molar-refractivity contribution is -0.131. The lowest BCUT2D eigenvalue weighted by Crippen LogP contribution is -2.38. The maximum absolute atomic E-state index is 12.6. The number of esters is 2. The van der Waals surface area contributed by atoms with Gasteiger partial charge < -0.3 is 23.9 Å². The largest absolute Gasteiger partial charge is 0.490 e. The van der Waals surface area contributed by atoms with Crippen molar-refractivity contribution < 1.29 is 28.5 Å². The predicted molar refractivity (Wildman–Crippen MR) is 115 cm³/mol. The fourth-order valence-electron chi connectivity index (χ4n) is 4.14. The first-order valence-corrected chi connectivity index (χ1v) is 11.1. The van der Waals surface area contributed by atoms with Crippen molar-refractivity contribution in [3.05, 3.63) is 23.9 Å². The SMILES string of the molecule is CC(=O)Oc1cc(OC2CCCCC2)c2cc(C(=O)OCCN3CCOCC3)[nH]c2c1. The van der Waals surface area contributed by atoms with Gasteiger partial charge >= 0.3 is 11.9 Å². The van der Waals surface area contributed by atoms with Crippen molar-refractivity contribution in [1.29, 1.82) is 0 Å². The van der Waals surface area contributed by atoms with Gasteiger partial charge in [0.05, 0.1) is 24.8 Å². The highest BCUT2D eigenvalue weighted by atomic mass is 16.5. The molecule has 0 unspecified atom stereocenters. The quantitative estimate of drug-likeness (QED) is 0.532. The first-order valence-electron chi connectivity index (χ1n) is 11.1. The smallest absolute Gasteiger partial charge is 0.354 e. The first-order chi connectivity index (χ1) is 15.1. The van der Waals surface area contributed by atoms with Crippen LogP contribution in [0.25, 0.3) is 10.9 Å². The van der Waals surface area contributed by atoms with Crippen LogP contribution in [0.1, 0.15) is 49.5 Å². The number of rotatable bonds is 7. The number of aromatic amines is 1. The molecule has 4 rings (SSSR count). The summed E-state index contributed by atoms with van der Waals surface area (Å²) in [6, 6.07) is 5.18. The Labute approximate surface area is 181 Å². The van der Waals surface area contributed by atoms with Crippen LogP contribution in [0, 0.1) is 0 Å². The second-order valence-electron chi connectivity index (χ2n) is 8.13. The van der Waals surface area contributed by atoms with Gasteiger partial charge in [-0.15, -0.1) is 0 Å². The summed E-state index contributed by atoms with van der Waals surface area (Å²) in [6.07, 6.45) is 5.65. The number of hydrogen-bond donors (Lipinski definition) is 1. The minimum atomic E-state index is -0.415. The van der Waals surface area contributed by atoms with Crippen molar-refractivity contribution in [1.82, 2.24) is 9.88 Å². The van der Waals surface area contributed by atoms with Gasteiger partial charge in [0.15, 0.2) is 0 Å². The number of nitrogens with one attached hydrogen (secondary N) is 1. The summed E-state index contributed by atoms with van der Waals surface area (Å²) in [7, 11) is 0. The minimum Gasteiger partial charge on any atom is -0.490 e. The van der Waals surface area contributed by atoms with E-state index in [-0.39, 0.29) is 6.10 Å². The van der Waals surface area contributed by atoms with Crippen LogP contribution in [0.5, 0.6) is 11.5 Å². The highest BCUT2D eigenvalue weighted by Crippen LogP contribution is 2.34. The second-order valence-corrected chi connectivity index (χ2v) is 8.13. The fraction of sp³-hybridized carbons (Fsp3) is 0.565. The molecule has 2 fully saturated rings. The molecule has 0 amide bonds. The van der Waals surface area contributed by atoms with E-state index in [1.54, 1.807) is 18.2 Å². The maximum Gasteiger partial charge on any atom is 0.354 e. The lowest BCUT2D eigenvalue weighted by Gasteiger charge is -2.26. The normalized spacial score (nSPS) is 18.1. The van der Waals surface area contributed by atoms with Crippen LogP contribution in [0.15, 0.2) is 18.2 Å². The number of aromatic nitrogens is 1. The van der Waals surface area contributed by atoms with E-state index in [0.717, 1.165) is 44.2 Å². The van der Waals surface area contributed by atoms with E-state index < -0.39 is 11.9 Å². The summed E-state index contributed by atoms with van der Waals surface area (Å²) in [6.45, 7) is 5.49. The molecule has 1 aromatic heterocycles. The van der Waals surface area contributed by atoms with E-state index in [9.17, 15) is 9.59 Å². The Morgan fingerprint density at radius 2 is 1.90 bits per heavy atom. The van der Waals surface area contributed by atoms with Crippen molar-refractivity contribution >= 4 is 22.8 Å². The van der Waals surface area contributed by atoms with Gasteiger partial charge in [0.2, 0.25) is 0 Å². The van der Waals surface area contributed by atoms with E-state index in [1.807, 2.05) is 0 Å². The zero-order valence-corrected chi connectivity index (χ0v) is 18.0. The summed E-state index contributed by atoms with van der Waals surface area (Å²) in [4.78, 5) is 29.4. The molecule has 168 valence electrons. The molecule has 8 nitrogen and oxygen atoms in total. The third-order valence-electron chi connectivity index (χ3n) is 5.75. The number of carbonyl (C=O) groups excluding carboxylic acids is 2. The molecule has 31 heavy (non-hydrogen) atoms. The number of fused-ring (bicyclic) bond motifs is 1. The van der Waals surface area contributed by atoms with Gasteiger partial charge in [-0.05, 0) is 31.7 Å². The molecule has 2 heterocycles. The van der Waals surface area contributed by atoms with Crippen LogP contribution in [-0.2, 0) is 14.3 Å². The molecule has 0 bridgehead atoms. The fourth-order valence-corrected chi connectivity index (χ4v) is 4.14. The van der Waals surface area contributed by atoms with Gasteiger partial charge in [-0.2, -0.15) is 0 Å². The van der Waals surface area contributed by atoms with E-state index in [1.165, 1.54) is 13.3 Å². The van der Waals surface area contributed by atoms with Crippen molar-refractivity contribution in [2.24, 2.45) is 0 Å². The molecule has 2 aromatic rings. The molecule has 2 aliphatic rings. The molecule has 1 saturated heterocycles. The molecule has 0 radical (unpaired) electrons. The minimum absolute atomic E-state index is 0.128. The molecule has 0 atom stereocenters. The van der Waals surface area contributed by atoms with Gasteiger partial charge in [0.25, 0.3) is 0 Å². The topological polar surface area (TPSA) is 90.1 Å². The van der Waals surface area contributed by atoms with Gasteiger partial charge in [-0.1, -0.05) is 6.42 Å². The average Bonchev–Trinajstić information content (AvgIpc) is 3.19. The Balaban J connectivity index is 1.49. The molecule has 1 aliphatic heterocycles. The number of H-pyrrole nitrogens is 1. The van der Waals surface area contributed by atoms with Crippen LogP contribution < -0.4 is 9.47 Å². The third-order valence-corrected chi connectivity index (χ3v) is 5.75. The van der Waals surface area contributed by atoms with Crippen LogP contribution >= 0.6 is 0 Å². The van der Waals surface area contributed by atoms with Gasteiger partial charge in [-0.25, -0.2) is 4.79 Å². The average molecular weight is 431 g/mol. The van der Waals surface area contributed by atoms with Crippen LogP contribution in [0.3, 0.4) is 0 Å². The molecule has 1 saturated carbocycles. The van der Waals surface area contributed by atoms with Crippen molar-refractivity contribution in [2.45, 2.75) is 45.1 Å². The molecular formula is C23H30N2O6. The Bertz CT molecular complexity index is 912. The summed E-state index contributed by atoms with van der Waals surface area (Å²) in [5.41, 5.74) is 1.02. The van der Waals surface area contributed by atoms with Crippen molar-refractivity contribution in [3.63, 3.8) is 0 Å². The standard InChI is InChI=1S/C23H30N2O6/c1-16(26)30-18-13-20-19(22(14-18)31-17-5-3-2-4-6-17)15-21(24-20)23(27)29-12-9-25-7-10-28-11-8-25/h13-15,17,24H,2-12H2,1H3. The zero-order valence-electron chi connectivity index (χ0n) is 18.0. The lowest BCUT2D eigenvalue weighted by atomic mass is 9.98. The van der Waals surface area contributed by atoms with Gasteiger partial charge in [-0.3, -0.25) is 9.69 Å². The third kappa shape index (κ3) is 5.77. The van der Waals surface area contributed by atoms with Crippen molar-refractivity contribution in [2.75, 3.05) is 39.5 Å². The number of ether oxygens (including phenoxy) is 4. The van der Waals surface area contributed by atoms with Gasteiger partial charge in [0, 0.05) is 44.1 Å². The second kappa shape index (κ2) is 10.2. The molecule has 1 aliphatic carbocycles. The Kier molecular flexibility index (Phi) is 7.09. The Morgan fingerprint density at radius 3 is 2.65 bits per heavy atom. The van der Waals surface area contributed by atoms with E-state index in [4.69, 9.17) is 18.9 Å². The highest BCUT2D eigenvalue weighted by Gasteiger charge is 2.20. The monoisotopic (exact) mass is 430 g/mol. The van der Waals surface area contributed by atoms with E-state index >= 15 is 0 Å². The summed E-state index contributed by atoms with van der Waals surface area (Å²) < 4.78 is 22.3. The van der Waals surface area contributed by atoms with Crippen molar-refractivity contribution in [3.8, 4) is 11.5 Å². The molecule has 1 N–H and O–H groups in total. The molecule has 1 aromatic carbocycles. The van der Waals surface area contributed by atoms with E-state index in [2.05, 4.69) is 9.88 Å². The number of benzene rings is 1. The van der Waals surface area contributed by atoms with Crippen LogP contribution in [-0.4, -0.2) is 67.4 Å². The molecule has 0 spiro atoms. The maximum atomic E-state index is 12.6. The number of nitrogens with zero attached hydrogens (tertiary/aromatic N) is 1. The molecular weight excluding hydrogens is 400 g/mol. The Hall–Kier alpha value is -2.58. The predicted octanol–water partition coefficient (Wildman–Crippen LogP) is 3.29. The molecule has 8 heteroatoms.